The molecule has 0 amide bonds. The van der Waals surface area contributed by atoms with Gasteiger partial charge in [-0.3, -0.25) is 0 Å². The minimum atomic E-state index is -1.80. The van der Waals surface area contributed by atoms with Gasteiger partial charge in [-0.2, -0.15) is 0 Å². The molecule has 0 bridgehead atoms. The van der Waals surface area contributed by atoms with Crippen LogP contribution in [0.4, 0.5) is 0 Å². The molecule has 1 aromatic heterocycles. The first-order valence-corrected chi connectivity index (χ1v) is 5.24. The molecule has 94 valence electrons. The first-order valence-electron chi connectivity index (χ1n) is 5.24. The molecule has 6 heteroatoms. The first-order chi connectivity index (χ1) is 8.58. The van der Waals surface area contributed by atoms with Crippen molar-refractivity contribution < 1.29 is 20.4 Å². The minimum absolute atomic E-state index is 0.0908. The lowest BCUT2D eigenvalue weighted by atomic mass is 10.2. The lowest BCUT2D eigenvalue weighted by molar-refractivity contribution is -0.0517. The van der Waals surface area contributed by atoms with Gasteiger partial charge in [-0.15, -0.1) is 0 Å². The summed E-state index contributed by atoms with van der Waals surface area (Å²) in [5.74, 6) is 0.198. The van der Waals surface area contributed by atoms with Crippen LogP contribution in [-0.2, 0) is 0 Å². The summed E-state index contributed by atoms with van der Waals surface area (Å²) in [6.45, 7) is 0. The van der Waals surface area contributed by atoms with Gasteiger partial charge in [-0.1, -0.05) is 30.3 Å². The number of aliphatic hydroxyl groups excluding tert-OH is 2. The van der Waals surface area contributed by atoms with Gasteiger partial charge in [0.05, 0.1) is 0 Å². The Morgan fingerprint density at radius 1 is 0.778 bits per heavy atom. The number of rotatable bonds is 3. The van der Waals surface area contributed by atoms with E-state index in [1.807, 2.05) is 6.07 Å². The zero-order valence-electron chi connectivity index (χ0n) is 9.30. The summed E-state index contributed by atoms with van der Waals surface area (Å²) in [4.78, 5) is 7.90. The number of aliphatic hydroxyl groups is 4. The molecule has 0 aliphatic heterocycles. The number of hydrogen-bond donors (Lipinski definition) is 4. The maximum atomic E-state index is 9.10. The van der Waals surface area contributed by atoms with Crippen LogP contribution in [0.25, 0.3) is 11.4 Å². The van der Waals surface area contributed by atoms with Gasteiger partial charge in [0.1, 0.15) is 11.4 Å². The van der Waals surface area contributed by atoms with Crippen molar-refractivity contribution in [1.82, 2.24) is 9.97 Å². The molecule has 0 radical (unpaired) electrons. The predicted octanol–water partition coefficient (Wildman–Crippen LogP) is 0.110. The molecule has 2 aromatic rings. The summed E-state index contributed by atoms with van der Waals surface area (Å²) in [7, 11) is 0. The maximum Gasteiger partial charge on any atom is 0.196 e. The number of nitrogens with zero attached hydrogens (tertiary/aromatic N) is 2. The zero-order valence-corrected chi connectivity index (χ0v) is 9.30. The molecule has 1 aromatic carbocycles. The third-order valence-corrected chi connectivity index (χ3v) is 2.33. The van der Waals surface area contributed by atoms with E-state index in [1.54, 1.807) is 24.3 Å². The Morgan fingerprint density at radius 2 is 1.28 bits per heavy atom. The molecule has 0 aliphatic carbocycles. The van der Waals surface area contributed by atoms with Gasteiger partial charge in [0.15, 0.2) is 18.4 Å². The van der Waals surface area contributed by atoms with E-state index in [0.717, 1.165) is 6.07 Å². The predicted molar refractivity (Wildman–Crippen MR) is 61.8 cm³/mol. The van der Waals surface area contributed by atoms with Gasteiger partial charge in [0, 0.05) is 5.56 Å². The fraction of sp³-hybridized carbons (Fsp3) is 0.167. The van der Waals surface area contributed by atoms with Crippen molar-refractivity contribution in [3.8, 4) is 11.4 Å². The summed E-state index contributed by atoms with van der Waals surface area (Å²) in [5.41, 5.74) is 0.459. The normalized spacial score (nSPS) is 11.2. The Kier molecular flexibility index (Phi) is 3.63. The van der Waals surface area contributed by atoms with E-state index < -0.39 is 12.6 Å². The molecule has 1 heterocycles. The van der Waals surface area contributed by atoms with Crippen LogP contribution in [-0.4, -0.2) is 30.4 Å². The highest BCUT2D eigenvalue weighted by Crippen LogP contribution is 2.20. The quantitative estimate of drug-likeness (QED) is 0.574. The molecule has 18 heavy (non-hydrogen) atoms. The van der Waals surface area contributed by atoms with Crippen molar-refractivity contribution in [3.05, 3.63) is 47.8 Å². The van der Waals surface area contributed by atoms with Crippen LogP contribution in [0.3, 0.4) is 0 Å². The average molecular weight is 248 g/mol. The van der Waals surface area contributed by atoms with E-state index in [4.69, 9.17) is 20.4 Å². The molecule has 0 saturated heterocycles. The van der Waals surface area contributed by atoms with Gasteiger partial charge in [-0.05, 0) is 6.07 Å². The van der Waals surface area contributed by atoms with E-state index in [-0.39, 0.29) is 17.2 Å². The average Bonchev–Trinajstić information content (AvgIpc) is 2.39. The van der Waals surface area contributed by atoms with Gasteiger partial charge in [-0.25, -0.2) is 9.97 Å². The number of benzene rings is 1. The molecule has 6 nitrogen and oxygen atoms in total. The Balaban J connectivity index is 2.54. The van der Waals surface area contributed by atoms with Crippen molar-refractivity contribution in [2.24, 2.45) is 0 Å². The standard InChI is InChI=1S/C12H12N2O4/c15-11(16)8-6-9(12(17)18)14-10(13-8)7-4-2-1-3-5-7/h1-6,11-12,15-18H. The van der Waals surface area contributed by atoms with Crippen molar-refractivity contribution in [2.75, 3.05) is 0 Å². The Labute approximate surface area is 103 Å². The highest BCUT2D eigenvalue weighted by atomic mass is 16.5. The number of aromatic nitrogens is 2. The van der Waals surface area contributed by atoms with Crippen LogP contribution in [0.15, 0.2) is 36.4 Å². The highest BCUT2D eigenvalue weighted by Gasteiger charge is 2.14. The summed E-state index contributed by atoms with van der Waals surface area (Å²) in [6.07, 6.45) is -3.60. The smallest absolute Gasteiger partial charge is 0.196 e. The Morgan fingerprint density at radius 3 is 1.72 bits per heavy atom. The van der Waals surface area contributed by atoms with E-state index in [1.165, 1.54) is 0 Å². The maximum absolute atomic E-state index is 9.10. The van der Waals surface area contributed by atoms with Gasteiger partial charge in [0.2, 0.25) is 0 Å². The third-order valence-electron chi connectivity index (χ3n) is 2.33. The molecular formula is C12H12N2O4. The van der Waals surface area contributed by atoms with Crippen molar-refractivity contribution >= 4 is 0 Å². The topological polar surface area (TPSA) is 107 Å². The third kappa shape index (κ3) is 2.69. The summed E-state index contributed by atoms with van der Waals surface area (Å²) >= 11 is 0. The van der Waals surface area contributed by atoms with E-state index in [0.29, 0.717) is 5.56 Å². The second kappa shape index (κ2) is 5.19. The monoisotopic (exact) mass is 248 g/mol. The van der Waals surface area contributed by atoms with E-state index >= 15 is 0 Å². The summed E-state index contributed by atoms with van der Waals surface area (Å²) in [6, 6.07) is 9.95. The highest BCUT2D eigenvalue weighted by molar-refractivity contribution is 5.54. The molecule has 0 atom stereocenters. The molecule has 0 fully saturated rings. The first kappa shape index (κ1) is 12.6. The van der Waals surface area contributed by atoms with Gasteiger partial charge >= 0.3 is 0 Å². The van der Waals surface area contributed by atoms with Crippen LogP contribution in [0.5, 0.6) is 0 Å². The molecule has 4 N–H and O–H groups in total. The van der Waals surface area contributed by atoms with Crippen LogP contribution in [0, 0.1) is 0 Å². The minimum Gasteiger partial charge on any atom is -0.363 e. The van der Waals surface area contributed by atoms with Crippen molar-refractivity contribution in [1.29, 1.82) is 0 Å². The fourth-order valence-electron chi connectivity index (χ4n) is 1.47. The lowest BCUT2D eigenvalue weighted by Gasteiger charge is -2.10. The Hall–Kier alpha value is -1.86. The molecule has 2 rings (SSSR count). The fourth-order valence-corrected chi connectivity index (χ4v) is 1.47. The lowest BCUT2D eigenvalue weighted by Crippen LogP contribution is -2.07. The summed E-state index contributed by atoms with van der Waals surface area (Å²) < 4.78 is 0. The molecule has 0 spiro atoms. The molecule has 0 aliphatic rings. The zero-order chi connectivity index (χ0) is 13.1. The van der Waals surface area contributed by atoms with Crippen LogP contribution < -0.4 is 0 Å². The van der Waals surface area contributed by atoms with E-state index in [9.17, 15) is 0 Å². The largest absolute Gasteiger partial charge is 0.363 e. The Bertz CT molecular complexity index is 503. The SMILES string of the molecule is OC(O)c1cc(C(O)O)nc(-c2ccccc2)n1. The van der Waals surface area contributed by atoms with Crippen molar-refractivity contribution in [3.63, 3.8) is 0 Å². The van der Waals surface area contributed by atoms with Crippen LogP contribution >= 0.6 is 0 Å². The summed E-state index contributed by atoms with van der Waals surface area (Å²) in [5, 5.41) is 36.4. The molecular weight excluding hydrogens is 236 g/mol. The number of hydrogen-bond acceptors (Lipinski definition) is 6. The van der Waals surface area contributed by atoms with Crippen LogP contribution in [0.2, 0.25) is 0 Å². The van der Waals surface area contributed by atoms with Crippen molar-refractivity contribution in [2.45, 2.75) is 12.6 Å². The molecule has 0 unspecified atom stereocenters. The van der Waals surface area contributed by atoms with E-state index in [2.05, 4.69) is 9.97 Å². The molecule has 0 saturated carbocycles. The van der Waals surface area contributed by atoms with Crippen LogP contribution in [0.1, 0.15) is 24.0 Å². The second-order valence-electron chi connectivity index (χ2n) is 3.65. The van der Waals surface area contributed by atoms with Gasteiger partial charge < -0.3 is 20.4 Å². The van der Waals surface area contributed by atoms with Gasteiger partial charge in [0.25, 0.3) is 0 Å². The second-order valence-corrected chi connectivity index (χ2v) is 3.65.